The van der Waals surface area contributed by atoms with Gasteiger partial charge in [0, 0.05) is 12.6 Å². The minimum atomic E-state index is -0.707. The molecule has 1 aliphatic rings. The number of hydrogen-bond donors (Lipinski definition) is 2. The highest BCUT2D eigenvalue weighted by Gasteiger charge is 2.36. The number of carbonyl (C=O) groups excluding carboxylic acids is 3. The van der Waals surface area contributed by atoms with Gasteiger partial charge < -0.3 is 10.6 Å². The van der Waals surface area contributed by atoms with Crippen molar-refractivity contribution >= 4 is 17.7 Å². The topological polar surface area (TPSA) is 78.5 Å². The van der Waals surface area contributed by atoms with Gasteiger partial charge >= 0.3 is 0 Å². The van der Waals surface area contributed by atoms with E-state index in [1.54, 1.807) is 0 Å². The quantitative estimate of drug-likeness (QED) is 0.637. The fourth-order valence-electron chi connectivity index (χ4n) is 1.46. The second kappa shape index (κ2) is 4.83. The van der Waals surface area contributed by atoms with Gasteiger partial charge in [0.1, 0.15) is 6.04 Å². The maximum absolute atomic E-state index is 11.5. The summed E-state index contributed by atoms with van der Waals surface area (Å²) in [5.41, 5.74) is -0.163. The van der Waals surface area contributed by atoms with Gasteiger partial charge in [0.05, 0.1) is 13.0 Å². The highest BCUT2D eigenvalue weighted by Crippen LogP contribution is 2.10. The molecular weight excluding hydrogens is 222 g/mol. The van der Waals surface area contributed by atoms with Crippen LogP contribution in [-0.2, 0) is 14.4 Å². The van der Waals surface area contributed by atoms with Gasteiger partial charge in [-0.15, -0.1) is 0 Å². The van der Waals surface area contributed by atoms with Gasteiger partial charge in [-0.05, 0) is 20.8 Å². The van der Waals surface area contributed by atoms with E-state index in [1.807, 2.05) is 20.8 Å². The van der Waals surface area contributed by atoms with Crippen LogP contribution >= 0.6 is 0 Å². The summed E-state index contributed by atoms with van der Waals surface area (Å²) >= 11 is 0. The Morgan fingerprint density at radius 1 is 1.41 bits per heavy atom. The second-order valence-electron chi connectivity index (χ2n) is 5.22. The Kier molecular flexibility index (Phi) is 3.87. The molecular formula is C11H19N3O3. The van der Waals surface area contributed by atoms with Crippen LogP contribution < -0.4 is 10.6 Å². The van der Waals surface area contributed by atoms with Crippen LogP contribution in [0.25, 0.3) is 0 Å². The zero-order chi connectivity index (χ0) is 13.2. The number of imide groups is 1. The smallest absolute Gasteiger partial charge is 0.252 e. The van der Waals surface area contributed by atoms with Crippen molar-refractivity contribution in [2.24, 2.45) is 0 Å². The van der Waals surface area contributed by atoms with E-state index >= 15 is 0 Å². The molecule has 1 atom stereocenters. The van der Waals surface area contributed by atoms with Crippen LogP contribution in [-0.4, -0.2) is 47.8 Å². The van der Waals surface area contributed by atoms with Crippen molar-refractivity contribution in [3.05, 3.63) is 0 Å². The molecule has 1 saturated heterocycles. The van der Waals surface area contributed by atoms with Gasteiger partial charge in [0.25, 0.3) is 5.91 Å². The fraction of sp³-hybridized carbons (Fsp3) is 0.727. The minimum Gasteiger partial charge on any atom is -0.343 e. The lowest BCUT2D eigenvalue weighted by Crippen LogP contribution is -2.47. The van der Waals surface area contributed by atoms with E-state index in [-0.39, 0.29) is 36.2 Å². The molecule has 0 spiro atoms. The normalized spacial score (nSPS) is 20.9. The van der Waals surface area contributed by atoms with Crippen LogP contribution in [0.3, 0.4) is 0 Å². The summed E-state index contributed by atoms with van der Waals surface area (Å²) in [7, 11) is 1.42. The van der Waals surface area contributed by atoms with Crippen LogP contribution in [0, 0.1) is 0 Å². The molecule has 0 aromatic heterocycles. The number of rotatable bonds is 3. The molecule has 0 saturated carbocycles. The SMILES string of the molecule is CN1C(=O)CC(NC(=O)CNC(C)(C)C)C1=O. The third-order valence-electron chi connectivity index (χ3n) is 2.50. The molecule has 17 heavy (non-hydrogen) atoms. The van der Waals surface area contributed by atoms with Gasteiger partial charge in [-0.1, -0.05) is 0 Å². The maximum Gasteiger partial charge on any atom is 0.252 e. The zero-order valence-corrected chi connectivity index (χ0v) is 10.7. The first-order chi connectivity index (χ1) is 7.70. The highest BCUT2D eigenvalue weighted by atomic mass is 16.2. The third kappa shape index (κ3) is 3.81. The van der Waals surface area contributed by atoms with E-state index < -0.39 is 6.04 Å². The average molecular weight is 241 g/mol. The monoisotopic (exact) mass is 241 g/mol. The average Bonchev–Trinajstić information content (AvgIpc) is 2.43. The van der Waals surface area contributed by atoms with Gasteiger partial charge in [0.15, 0.2) is 0 Å². The molecule has 3 amide bonds. The minimum absolute atomic E-state index is 0.0522. The van der Waals surface area contributed by atoms with Crippen molar-refractivity contribution in [2.45, 2.75) is 38.8 Å². The van der Waals surface area contributed by atoms with Crippen molar-refractivity contribution < 1.29 is 14.4 Å². The number of likely N-dealkylation sites (N-methyl/N-ethyl adjacent to an activating group) is 1. The molecule has 2 N–H and O–H groups in total. The summed E-state index contributed by atoms with van der Waals surface area (Å²) in [5.74, 6) is -0.885. The molecule has 1 fully saturated rings. The van der Waals surface area contributed by atoms with Crippen molar-refractivity contribution in [3.63, 3.8) is 0 Å². The van der Waals surface area contributed by atoms with Crippen molar-refractivity contribution in [1.82, 2.24) is 15.5 Å². The first-order valence-electron chi connectivity index (χ1n) is 5.55. The molecule has 0 radical (unpaired) electrons. The van der Waals surface area contributed by atoms with Crippen LogP contribution in [0.5, 0.6) is 0 Å². The molecule has 1 heterocycles. The molecule has 0 aromatic carbocycles. The van der Waals surface area contributed by atoms with Crippen molar-refractivity contribution in [2.75, 3.05) is 13.6 Å². The molecule has 6 heteroatoms. The number of hydrogen-bond acceptors (Lipinski definition) is 4. The summed E-state index contributed by atoms with van der Waals surface area (Å²) in [6.45, 7) is 5.96. The van der Waals surface area contributed by atoms with Gasteiger partial charge in [-0.2, -0.15) is 0 Å². The Labute approximate surface area is 101 Å². The lowest BCUT2D eigenvalue weighted by molar-refractivity contribution is -0.138. The van der Waals surface area contributed by atoms with E-state index in [0.717, 1.165) is 4.90 Å². The van der Waals surface area contributed by atoms with E-state index in [0.29, 0.717) is 0 Å². The van der Waals surface area contributed by atoms with E-state index in [9.17, 15) is 14.4 Å². The maximum atomic E-state index is 11.5. The molecule has 0 aliphatic carbocycles. The van der Waals surface area contributed by atoms with Crippen LogP contribution in [0.4, 0.5) is 0 Å². The Morgan fingerprint density at radius 2 is 2.00 bits per heavy atom. The molecule has 1 rings (SSSR count). The van der Waals surface area contributed by atoms with Gasteiger partial charge in [-0.3, -0.25) is 19.3 Å². The summed E-state index contributed by atoms with van der Waals surface area (Å²) in [6.07, 6.45) is 0.0522. The number of nitrogens with one attached hydrogen (secondary N) is 2. The Morgan fingerprint density at radius 3 is 2.41 bits per heavy atom. The predicted octanol–water partition coefficient (Wildman–Crippen LogP) is -0.752. The number of amides is 3. The lowest BCUT2D eigenvalue weighted by atomic mass is 10.1. The van der Waals surface area contributed by atoms with Gasteiger partial charge in [-0.25, -0.2) is 0 Å². The molecule has 1 unspecified atom stereocenters. The predicted molar refractivity (Wildman–Crippen MR) is 62.1 cm³/mol. The molecule has 6 nitrogen and oxygen atoms in total. The standard InChI is InChI=1S/C11H19N3O3/c1-11(2,3)12-6-8(15)13-7-5-9(16)14(4)10(7)17/h7,12H,5-6H2,1-4H3,(H,13,15). The summed E-state index contributed by atoms with van der Waals surface area (Å²) in [6, 6.07) is -0.707. The van der Waals surface area contributed by atoms with Gasteiger partial charge in [0.2, 0.25) is 11.8 Å². The molecule has 0 aromatic rings. The van der Waals surface area contributed by atoms with Crippen molar-refractivity contribution in [3.8, 4) is 0 Å². The van der Waals surface area contributed by atoms with E-state index in [2.05, 4.69) is 10.6 Å². The Bertz CT molecular complexity index is 346. The largest absolute Gasteiger partial charge is 0.343 e. The Hall–Kier alpha value is -1.43. The molecule has 0 bridgehead atoms. The second-order valence-corrected chi connectivity index (χ2v) is 5.22. The fourth-order valence-corrected chi connectivity index (χ4v) is 1.46. The van der Waals surface area contributed by atoms with E-state index in [1.165, 1.54) is 7.05 Å². The summed E-state index contributed by atoms with van der Waals surface area (Å²) in [5, 5.41) is 5.56. The lowest BCUT2D eigenvalue weighted by Gasteiger charge is -2.20. The highest BCUT2D eigenvalue weighted by molar-refractivity contribution is 6.06. The zero-order valence-electron chi connectivity index (χ0n) is 10.7. The van der Waals surface area contributed by atoms with Crippen LogP contribution in [0.2, 0.25) is 0 Å². The summed E-state index contributed by atoms with van der Waals surface area (Å²) in [4.78, 5) is 35.3. The molecule has 96 valence electrons. The number of likely N-dealkylation sites (tertiary alicyclic amines) is 1. The first kappa shape index (κ1) is 13.6. The third-order valence-corrected chi connectivity index (χ3v) is 2.50. The summed E-state index contributed by atoms with van der Waals surface area (Å²) < 4.78 is 0. The molecule has 1 aliphatic heterocycles. The van der Waals surface area contributed by atoms with Crippen molar-refractivity contribution in [1.29, 1.82) is 0 Å². The number of nitrogens with zero attached hydrogens (tertiary/aromatic N) is 1. The Balaban J connectivity index is 2.43. The number of carbonyl (C=O) groups is 3. The van der Waals surface area contributed by atoms with Crippen LogP contribution in [0.1, 0.15) is 27.2 Å². The van der Waals surface area contributed by atoms with E-state index in [4.69, 9.17) is 0 Å². The first-order valence-corrected chi connectivity index (χ1v) is 5.55. The van der Waals surface area contributed by atoms with Crippen LogP contribution in [0.15, 0.2) is 0 Å².